The van der Waals surface area contributed by atoms with Crippen LogP contribution in [0.25, 0.3) is 10.1 Å². The molecule has 4 aromatic rings. The minimum atomic E-state index is -0.0429. The van der Waals surface area contributed by atoms with Crippen molar-refractivity contribution in [2.45, 2.75) is 66.7 Å². The van der Waals surface area contributed by atoms with Gasteiger partial charge >= 0.3 is 0 Å². The van der Waals surface area contributed by atoms with E-state index in [0.29, 0.717) is 21.9 Å². The summed E-state index contributed by atoms with van der Waals surface area (Å²) in [5.74, 6) is 2.21. The number of carbonyl (C=O) groups is 1. The van der Waals surface area contributed by atoms with Gasteiger partial charge in [0, 0.05) is 15.6 Å². The summed E-state index contributed by atoms with van der Waals surface area (Å²) in [6.07, 6.45) is 6.02. The Morgan fingerprint density at radius 2 is 1.61 bits per heavy atom. The van der Waals surface area contributed by atoms with Gasteiger partial charge in [-0.3, -0.25) is 4.79 Å². The number of hydrogen-bond donors (Lipinski definition) is 1. The van der Waals surface area contributed by atoms with Crippen molar-refractivity contribution in [2.75, 3.05) is 0 Å². The second kappa shape index (κ2) is 11.3. The summed E-state index contributed by atoms with van der Waals surface area (Å²) in [4.78, 5) is 14.4. The van der Waals surface area contributed by atoms with Crippen LogP contribution in [0.2, 0.25) is 0 Å². The Hall–Kier alpha value is -3.11. The minimum Gasteiger partial charge on any atom is -0.508 e. The van der Waals surface area contributed by atoms with Gasteiger partial charge in [-0.05, 0) is 86.6 Å². The van der Waals surface area contributed by atoms with Crippen LogP contribution in [0.15, 0.2) is 54.6 Å². The molecule has 0 saturated heterocycles. The monoisotopic (exact) mass is 500 g/mol. The van der Waals surface area contributed by atoms with E-state index >= 15 is 0 Å². The second-order valence-electron chi connectivity index (χ2n) is 9.86. The number of carbonyl (C=O) groups excluding carboxylic acids is 1. The number of fused-ring (bicyclic) bond motifs is 1. The van der Waals surface area contributed by atoms with Crippen molar-refractivity contribution in [3.63, 3.8) is 0 Å². The second-order valence-corrected chi connectivity index (χ2v) is 10.9. The molecule has 4 heteroatoms. The highest BCUT2D eigenvalue weighted by atomic mass is 32.1. The molecule has 1 aromatic heterocycles. The van der Waals surface area contributed by atoms with Crippen molar-refractivity contribution >= 4 is 27.2 Å². The van der Waals surface area contributed by atoms with Crippen LogP contribution in [0.5, 0.6) is 17.2 Å². The SMILES string of the molecule is CCC(CC)CCCc1ccc(Oc2c(C(=O)c3c(C)cc(C)cc3C)sc3cc(O)ccc23)cc1. The lowest BCUT2D eigenvalue weighted by Crippen LogP contribution is -2.06. The number of hydrogen-bond acceptors (Lipinski definition) is 4. The summed E-state index contributed by atoms with van der Waals surface area (Å²) in [5.41, 5.74) is 5.08. The smallest absolute Gasteiger partial charge is 0.207 e. The largest absolute Gasteiger partial charge is 0.508 e. The van der Waals surface area contributed by atoms with E-state index in [0.717, 1.165) is 39.1 Å². The third-order valence-electron chi connectivity index (χ3n) is 7.11. The summed E-state index contributed by atoms with van der Waals surface area (Å²) in [5, 5.41) is 10.9. The molecule has 1 N–H and O–H groups in total. The number of phenols is 1. The Kier molecular flexibility index (Phi) is 8.15. The van der Waals surface area contributed by atoms with Crippen molar-refractivity contribution in [2.24, 2.45) is 5.92 Å². The third kappa shape index (κ3) is 5.65. The summed E-state index contributed by atoms with van der Waals surface area (Å²) >= 11 is 1.37. The molecular weight excluding hydrogens is 464 g/mol. The maximum atomic E-state index is 13.8. The number of thiophene rings is 1. The van der Waals surface area contributed by atoms with Gasteiger partial charge in [0.1, 0.15) is 16.4 Å². The molecule has 0 atom stereocenters. The normalized spacial score (nSPS) is 11.4. The van der Waals surface area contributed by atoms with Gasteiger partial charge in [-0.15, -0.1) is 11.3 Å². The molecule has 0 unspecified atom stereocenters. The fourth-order valence-electron chi connectivity index (χ4n) is 5.10. The molecule has 0 fully saturated rings. The molecule has 188 valence electrons. The number of aryl methyl sites for hydroxylation is 4. The maximum Gasteiger partial charge on any atom is 0.207 e. The number of phenolic OH excluding ortho intramolecular Hbond substituents is 1. The maximum absolute atomic E-state index is 13.8. The first kappa shape index (κ1) is 26.0. The first-order valence-electron chi connectivity index (χ1n) is 13.0. The Labute approximate surface area is 218 Å². The predicted molar refractivity (Wildman–Crippen MR) is 151 cm³/mol. The van der Waals surface area contributed by atoms with E-state index in [-0.39, 0.29) is 11.5 Å². The van der Waals surface area contributed by atoms with Gasteiger partial charge in [0.25, 0.3) is 0 Å². The van der Waals surface area contributed by atoms with E-state index in [1.165, 1.54) is 42.6 Å². The van der Waals surface area contributed by atoms with Crippen molar-refractivity contribution in [1.82, 2.24) is 0 Å². The highest BCUT2D eigenvalue weighted by molar-refractivity contribution is 7.21. The van der Waals surface area contributed by atoms with Gasteiger partial charge in [-0.2, -0.15) is 0 Å². The predicted octanol–water partition coefficient (Wildman–Crippen LogP) is 9.31. The van der Waals surface area contributed by atoms with Gasteiger partial charge in [-0.25, -0.2) is 0 Å². The Bertz CT molecular complexity index is 1340. The third-order valence-corrected chi connectivity index (χ3v) is 8.25. The first-order valence-corrected chi connectivity index (χ1v) is 13.8. The topological polar surface area (TPSA) is 46.5 Å². The molecule has 36 heavy (non-hydrogen) atoms. The van der Waals surface area contributed by atoms with Crippen LogP contribution in [0.3, 0.4) is 0 Å². The Morgan fingerprint density at radius 1 is 0.944 bits per heavy atom. The zero-order valence-electron chi connectivity index (χ0n) is 22.0. The van der Waals surface area contributed by atoms with Gasteiger partial charge in [0.15, 0.2) is 5.75 Å². The van der Waals surface area contributed by atoms with Crippen LogP contribution in [-0.4, -0.2) is 10.9 Å². The van der Waals surface area contributed by atoms with Crippen molar-refractivity contribution in [1.29, 1.82) is 0 Å². The van der Waals surface area contributed by atoms with Crippen LogP contribution in [-0.2, 0) is 6.42 Å². The van der Waals surface area contributed by atoms with Crippen LogP contribution in [0.4, 0.5) is 0 Å². The highest BCUT2D eigenvalue weighted by Gasteiger charge is 2.24. The molecule has 3 nitrogen and oxygen atoms in total. The first-order chi connectivity index (χ1) is 17.3. The summed E-state index contributed by atoms with van der Waals surface area (Å²) < 4.78 is 7.22. The molecule has 0 radical (unpaired) electrons. The molecule has 0 aliphatic carbocycles. The standard InChI is InChI=1S/C32H36O3S/c1-6-23(7-2)9-8-10-24-11-14-26(15-12-24)35-31-27-16-13-25(33)19-28(27)36-32(31)30(34)29-21(4)17-20(3)18-22(29)5/h11-19,23,33H,6-10H2,1-5H3. The average molecular weight is 501 g/mol. The number of ketones is 1. The lowest BCUT2D eigenvalue weighted by Gasteiger charge is -2.13. The van der Waals surface area contributed by atoms with E-state index in [1.807, 2.05) is 51.1 Å². The van der Waals surface area contributed by atoms with Crippen LogP contribution in [0.1, 0.15) is 77.0 Å². The van der Waals surface area contributed by atoms with Crippen molar-refractivity contribution < 1.29 is 14.6 Å². The van der Waals surface area contributed by atoms with Gasteiger partial charge < -0.3 is 9.84 Å². The number of benzene rings is 3. The van der Waals surface area contributed by atoms with Crippen molar-refractivity contribution in [3.05, 3.63) is 87.3 Å². The van der Waals surface area contributed by atoms with Gasteiger partial charge in [0.05, 0.1) is 0 Å². The molecule has 4 rings (SSSR count). The van der Waals surface area contributed by atoms with Crippen molar-refractivity contribution in [3.8, 4) is 17.2 Å². The number of rotatable bonds is 10. The molecular formula is C32H36O3S. The molecule has 3 aromatic carbocycles. The molecule has 0 aliphatic heterocycles. The molecule has 0 saturated carbocycles. The van der Waals surface area contributed by atoms with Crippen LogP contribution < -0.4 is 4.74 Å². The van der Waals surface area contributed by atoms with Crippen LogP contribution in [0, 0.1) is 26.7 Å². The Balaban J connectivity index is 1.63. The number of ether oxygens (including phenoxy) is 1. The molecule has 0 amide bonds. The quantitative estimate of drug-likeness (QED) is 0.221. The number of aromatic hydroxyl groups is 1. The van der Waals surface area contributed by atoms with Gasteiger partial charge in [-0.1, -0.05) is 62.9 Å². The molecule has 0 bridgehead atoms. The zero-order chi connectivity index (χ0) is 25.8. The summed E-state index contributed by atoms with van der Waals surface area (Å²) in [6.45, 7) is 10.6. The zero-order valence-corrected chi connectivity index (χ0v) is 22.8. The van der Waals surface area contributed by atoms with E-state index < -0.39 is 0 Å². The molecule has 0 spiro atoms. The van der Waals surface area contributed by atoms with Crippen LogP contribution >= 0.6 is 11.3 Å². The molecule has 1 heterocycles. The lowest BCUT2D eigenvalue weighted by molar-refractivity contribution is 0.103. The van der Waals surface area contributed by atoms with E-state index in [1.54, 1.807) is 12.1 Å². The Morgan fingerprint density at radius 3 is 2.25 bits per heavy atom. The fourth-order valence-corrected chi connectivity index (χ4v) is 6.21. The van der Waals surface area contributed by atoms with E-state index in [4.69, 9.17) is 4.74 Å². The van der Waals surface area contributed by atoms with E-state index in [9.17, 15) is 9.90 Å². The van der Waals surface area contributed by atoms with Gasteiger partial charge in [0.2, 0.25) is 5.78 Å². The summed E-state index contributed by atoms with van der Waals surface area (Å²) in [6, 6.07) is 17.5. The fraction of sp³-hybridized carbons (Fsp3) is 0.344. The average Bonchev–Trinajstić information content (AvgIpc) is 3.19. The lowest BCUT2D eigenvalue weighted by atomic mass is 9.95. The molecule has 0 aliphatic rings. The van der Waals surface area contributed by atoms with E-state index in [2.05, 4.69) is 26.0 Å². The summed E-state index contributed by atoms with van der Waals surface area (Å²) in [7, 11) is 0. The highest BCUT2D eigenvalue weighted by Crippen LogP contribution is 2.43. The minimum absolute atomic E-state index is 0.0429.